The van der Waals surface area contributed by atoms with Crippen LogP contribution in [0.3, 0.4) is 0 Å². The summed E-state index contributed by atoms with van der Waals surface area (Å²) >= 11 is 0. The number of nitrogens with two attached hydrogens (primary N) is 1. The number of amides is 2. The summed E-state index contributed by atoms with van der Waals surface area (Å²) in [6, 6.07) is 7.34. The first kappa shape index (κ1) is 21.9. The van der Waals surface area contributed by atoms with Gasteiger partial charge >= 0.3 is 0 Å². The predicted molar refractivity (Wildman–Crippen MR) is 122 cm³/mol. The summed E-state index contributed by atoms with van der Waals surface area (Å²) in [5, 5.41) is 6.42. The molecule has 2 aliphatic rings. The summed E-state index contributed by atoms with van der Waals surface area (Å²) < 4.78 is 5.21. The van der Waals surface area contributed by atoms with E-state index in [4.69, 9.17) is 15.5 Å². The van der Waals surface area contributed by atoms with E-state index in [1.807, 2.05) is 41.1 Å². The number of nitrogens with one attached hydrogen (secondary N) is 1. The van der Waals surface area contributed by atoms with E-state index in [0.717, 1.165) is 49.4 Å². The number of carbonyl (C=O) groups excluding carboxylic acids is 2. The first-order valence-corrected chi connectivity index (χ1v) is 11.1. The van der Waals surface area contributed by atoms with E-state index in [1.54, 1.807) is 7.11 Å². The molecule has 1 saturated heterocycles. The van der Waals surface area contributed by atoms with Gasteiger partial charge in [0.2, 0.25) is 5.91 Å². The minimum atomic E-state index is -0.556. The average Bonchev–Trinajstić information content (AvgIpc) is 3.44. The number of piperidine rings is 1. The fraction of sp³-hybridized carbons (Fsp3) is 0.478. The number of aromatic amines is 1. The lowest BCUT2D eigenvalue weighted by Crippen LogP contribution is -2.40. The van der Waals surface area contributed by atoms with Crippen molar-refractivity contribution in [1.82, 2.24) is 19.9 Å². The minimum Gasteiger partial charge on any atom is -0.497 e. The predicted octanol–water partition coefficient (Wildman–Crippen LogP) is 2.36. The van der Waals surface area contributed by atoms with Gasteiger partial charge < -0.3 is 20.4 Å². The Morgan fingerprint density at radius 1 is 1.25 bits per heavy atom. The summed E-state index contributed by atoms with van der Waals surface area (Å²) in [6.07, 6.45) is 3.21. The smallest absolute Gasteiger partial charge is 0.267 e. The summed E-state index contributed by atoms with van der Waals surface area (Å²) in [4.78, 5) is 34.6. The molecule has 2 aliphatic heterocycles. The van der Waals surface area contributed by atoms with Crippen molar-refractivity contribution in [3.8, 4) is 17.0 Å². The van der Waals surface area contributed by atoms with Gasteiger partial charge in [-0.25, -0.2) is 4.98 Å². The molecule has 4 rings (SSSR count). The standard InChI is InChI=1S/C23H30N6O3/c1-15-9-12-29(27-15)13-10-19(30)28-11-3-4-17(14-28)23-25-20(21(26-23)22(24)31)16-5-7-18(32-2)8-6-16/h5-8,17H,3-4,9-14H2,1-2H3,(H2,24,31)(H,25,26)/t17-/m0/s1. The van der Waals surface area contributed by atoms with Gasteiger partial charge in [0, 0.05) is 56.2 Å². The maximum absolute atomic E-state index is 12.8. The van der Waals surface area contributed by atoms with Gasteiger partial charge in [0.25, 0.3) is 5.91 Å². The van der Waals surface area contributed by atoms with Gasteiger partial charge in [-0.1, -0.05) is 0 Å². The normalized spacial score (nSPS) is 18.6. The Balaban J connectivity index is 1.46. The Hall–Kier alpha value is -3.36. The van der Waals surface area contributed by atoms with Crippen LogP contribution >= 0.6 is 0 Å². The summed E-state index contributed by atoms with van der Waals surface area (Å²) in [6.45, 7) is 4.87. The third-order valence-corrected chi connectivity index (χ3v) is 6.12. The molecule has 3 heterocycles. The number of likely N-dealkylation sites (tertiary alicyclic amines) is 1. The second kappa shape index (κ2) is 9.42. The number of aromatic nitrogens is 2. The summed E-state index contributed by atoms with van der Waals surface area (Å²) in [5.41, 5.74) is 8.34. The van der Waals surface area contributed by atoms with Gasteiger partial charge in [0.15, 0.2) is 0 Å². The molecule has 1 fully saturated rings. The Morgan fingerprint density at radius 3 is 2.69 bits per heavy atom. The van der Waals surface area contributed by atoms with E-state index < -0.39 is 5.91 Å². The summed E-state index contributed by atoms with van der Waals surface area (Å²) in [5.74, 6) is 1.03. The van der Waals surface area contributed by atoms with Crippen molar-refractivity contribution < 1.29 is 14.3 Å². The van der Waals surface area contributed by atoms with Gasteiger partial charge in [0.1, 0.15) is 23.0 Å². The molecule has 1 aromatic carbocycles. The number of benzene rings is 1. The zero-order valence-electron chi connectivity index (χ0n) is 18.6. The van der Waals surface area contributed by atoms with Crippen molar-refractivity contribution >= 4 is 17.5 Å². The number of primary amides is 1. The molecule has 0 spiro atoms. The Bertz CT molecular complexity index is 1010. The van der Waals surface area contributed by atoms with E-state index in [9.17, 15) is 9.59 Å². The van der Waals surface area contributed by atoms with E-state index in [1.165, 1.54) is 0 Å². The lowest BCUT2D eigenvalue weighted by Gasteiger charge is -2.32. The van der Waals surface area contributed by atoms with E-state index >= 15 is 0 Å². The van der Waals surface area contributed by atoms with Crippen LogP contribution in [0.2, 0.25) is 0 Å². The van der Waals surface area contributed by atoms with Gasteiger partial charge in [-0.2, -0.15) is 5.10 Å². The number of nitrogens with zero attached hydrogens (tertiary/aromatic N) is 4. The molecule has 1 aromatic heterocycles. The second-order valence-corrected chi connectivity index (χ2v) is 8.41. The molecule has 0 bridgehead atoms. The topological polar surface area (TPSA) is 117 Å². The van der Waals surface area contributed by atoms with E-state index in [0.29, 0.717) is 31.0 Å². The van der Waals surface area contributed by atoms with Crippen LogP contribution in [0.5, 0.6) is 5.75 Å². The lowest BCUT2D eigenvalue weighted by atomic mass is 9.97. The summed E-state index contributed by atoms with van der Waals surface area (Å²) in [7, 11) is 1.60. The maximum atomic E-state index is 12.8. The van der Waals surface area contributed by atoms with Crippen molar-refractivity contribution in [2.75, 3.05) is 33.3 Å². The minimum absolute atomic E-state index is 0.0323. The SMILES string of the molecule is COc1ccc(-c2nc([C@H]3CCCN(C(=O)CCN4CCC(C)=N4)C3)[nH]c2C(N)=O)cc1. The first-order chi connectivity index (χ1) is 15.4. The van der Waals surface area contributed by atoms with E-state index in [2.05, 4.69) is 10.1 Å². The largest absolute Gasteiger partial charge is 0.497 e. The fourth-order valence-corrected chi connectivity index (χ4v) is 4.32. The number of hydrazone groups is 1. The maximum Gasteiger partial charge on any atom is 0.267 e. The number of methoxy groups -OCH3 is 1. The van der Waals surface area contributed by atoms with Crippen molar-refractivity contribution in [3.05, 3.63) is 35.8 Å². The van der Waals surface area contributed by atoms with Gasteiger partial charge in [-0.3, -0.25) is 14.6 Å². The van der Waals surface area contributed by atoms with Crippen LogP contribution in [0.4, 0.5) is 0 Å². The zero-order valence-corrected chi connectivity index (χ0v) is 18.6. The van der Waals surface area contributed by atoms with Gasteiger partial charge in [-0.15, -0.1) is 0 Å². The fourth-order valence-electron chi connectivity index (χ4n) is 4.32. The van der Waals surface area contributed by atoms with Crippen LogP contribution in [0.25, 0.3) is 11.3 Å². The third-order valence-electron chi connectivity index (χ3n) is 6.12. The molecule has 32 heavy (non-hydrogen) atoms. The first-order valence-electron chi connectivity index (χ1n) is 11.1. The second-order valence-electron chi connectivity index (χ2n) is 8.41. The van der Waals surface area contributed by atoms with Gasteiger partial charge in [0.05, 0.1) is 7.11 Å². The molecule has 0 radical (unpaired) electrons. The molecule has 1 atom stereocenters. The highest BCUT2D eigenvalue weighted by atomic mass is 16.5. The molecule has 2 aromatic rings. The number of ether oxygens (including phenoxy) is 1. The van der Waals surface area contributed by atoms with Crippen LogP contribution in [-0.2, 0) is 4.79 Å². The number of carbonyl (C=O) groups is 2. The van der Waals surface area contributed by atoms with E-state index in [-0.39, 0.29) is 17.5 Å². The van der Waals surface area contributed by atoms with Crippen LogP contribution in [0.15, 0.2) is 29.4 Å². The van der Waals surface area contributed by atoms with Gasteiger partial charge in [-0.05, 0) is 44.0 Å². The van der Waals surface area contributed by atoms with Crippen molar-refractivity contribution in [2.24, 2.45) is 10.8 Å². The van der Waals surface area contributed by atoms with Crippen molar-refractivity contribution in [1.29, 1.82) is 0 Å². The number of hydrogen-bond donors (Lipinski definition) is 2. The molecule has 0 aliphatic carbocycles. The number of hydrogen-bond acceptors (Lipinski definition) is 6. The highest BCUT2D eigenvalue weighted by Crippen LogP contribution is 2.30. The number of rotatable bonds is 7. The number of imidazole rings is 1. The Kier molecular flexibility index (Phi) is 6.43. The highest BCUT2D eigenvalue weighted by molar-refractivity contribution is 5.97. The molecule has 0 unspecified atom stereocenters. The monoisotopic (exact) mass is 438 g/mol. The Labute approximate surface area is 187 Å². The molecular weight excluding hydrogens is 408 g/mol. The molecule has 2 amide bonds. The average molecular weight is 439 g/mol. The Morgan fingerprint density at radius 2 is 2.03 bits per heavy atom. The van der Waals surface area contributed by atoms with Crippen molar-refractivity contribution in [2.45, 2.75) is 38.5 Å². The quantitative estimate of drug-likeness (QED) is 0.688. The molecule has 9 nitrogen and oxygen atoms in total. The third kappa shape index (κ3) is 4.76. The van der Waals surface area contributed by atoms with Crippen LogP contribution in [0, 0.1) is 0 Å². The highest BCUT2D eigenvalue weighted by Gasteiger charge is 2.29. The lowest BCUT2D eigenvalue weighted by molar-refractivity contribution is -0.132. The van der Waals surface area contributed by atoms with Crippen LogP contribution < -0.4 is 10.5 Å². The van der Waals surface area contributed by atoms with Crippen molar-refractivity contribution in [3.63, 3.8) is 0 Å². The zero-order chi connectivity index (χ0) is 22.7. The number of H-pyrrole nitrogens is 1. The van der Waals surface area contributed by atoms with Crippen LogP contribution in [-0.4, -0.2) is 70.7 Å². The molecular formula is C23H30N6O3. The molecule has 0 saturated carbocycles. The molecule has 9 heteroatoms. The molecule has 170 valence electrons. The molecule has 3 N–H and O–H groups in total. The van der Waals surface area contributed by atoms with Crippen LogP contribution in [0.1, 0.15) is 54.8 Å².